The van der Waals surface area contributed by atoms with Crippen molar-refractivity contribution in [3.63, 3.8) is 0 Å². The Morgan fingerprint density at radius 3 is 3.05 bits per heavy atom. The van der Waals surface area contributed by atoms with E-state index in [1.165, 1.54) is 16.5 Å². The number of carbonyl (C=O) groups excluding carboxylic acids is 1. The predicted octanol–water partition coefficient (Wildman–Crippen LogP) is 3.21. The van der Waals surface area contributed by atoms with Crippen LogP contribution < -0.4 is 0 Å². The van der Waals surface area contributed by atoms with E-state index in [1.54, 1.807) is 29.5 Å². The third kappa shape index (κ3) is 2.12. The number of carbonyl (C=O) groups is 1. The van der Waals surface area contributed by atoms with E-state index >= 15 is 0 Å². The van der Waals surface area contributed by atoms with Crippen molar-refractivity contribution < 1.29 is 9.90 Å². The van der Waals surface area contributed by atoms with Gasteiger partial charge in [0.2, 0.25) is 0 Å². The van der Waals surface area contributed by atoms with Crippen molar-refractivity contribution in [1.82, 2.24) is 4.90 Å². The van der Waals surface area contributed by atoms with Crippen LogP contribution >= 0.6 is 11.3 Å². The molecule has 1 atom stereocenters. The average molecular weight is 273 g/mol. The summed E-state index contributed by atoms with van der Waals surface area (Å²) in [6.07, 6.45) is 0.919. The van der Waals surface area contributed by atoms with Crippen LogP contribution in [-0.4, -0.2) is 22.5 Å². The zero-order valence-electron chi connectivity index (χ0n) is 10.7. The summed E-state index contributed by atoms with van der Waals surface area (Å²) < 4.78 is 0. The van der Waals surface area contributed by atoms with Crippen LogP contribution in [0, 0.1) is 0 Å². The molecule has 0 saturated heterocycles. The maximum atomic E-state index is 12.5. The molecule has 98 valence electrons. The maximum absolute atomic E-state index is 12.5. The van der Waals surface area contributed by atoms with E-state index in [2.05, 4.69) is 18.4 Å². The minimum atomic E-state index is -0.0137. The molecule has 0 spiro atoms. The molecule has 1 aliphatic rings. The molecule has 1 aromatic carbocycles. The van der Waals surface area contributed by atoms with Crippen molar-refractivity contribution in [2.75, 3.05) is 6.54 Å². The third-order valence-electron chi connectivity index (χ3n) is 3.63. The Hall–Kier alpha value is -1.81. The lowest BCUT2D eigenvalue weighted by Crippen LogP contribution is -2.38. The van der Waals surface area contributed by atoms with Gasteiger partial charge in [-0.2, -0.15) is 0 Å². The highest BCUT2D eigenvalue weighted by atomic mass is 32.1. The van der Waals surface area contributed by atoms with E-state index in [9.17, 15) is 9.90 Å². The lowest BCUT2D eigenvalue weighted by atomic mass is 10.0. The van der Waals surface area contributed by atoms with Gasteiger partial charge in [0.05, 0.1) is 6.04 Å². The minimum absolute atomic E-state index is 0.0137. The summed E-state index contributed by atoms with van der Waals surface area (Å²) >= 11 is 1.76. The van der Waals surface area contributed by atoms with Gasteiger partial charge in [-0.25, -0.2) is 0 Å². The third-order valence-corrected chi connectivity index (χ3v) is 4.63. The fourth-order valence-corrected chi connectivity index (χ4v) is 3.55. The molecule has 1 amide bonds. The molecule has 1 unspecified atom stereocenters. The normalized spacial score (nSPS) is 18.2. The van der Waals surface area contributed by atoms with Crippen LogP contribution in [0.15, 0.2) is 35.7 Å². The van der Waals surface area contributed by atoms with Crippen molar-refractivity contribution in [2.24, 2.45) is 0 Å². The fraction of sp³-hybridized carbons (Fsp3) is 0.267. The lowest BCUT2D eigenvalue weighted by Gasteiger charge is -2.33. The second kappa shape index (κ2) is 4.70. The molecule has 0 aliphatic carbocycles. The molecule has 3 rings (SSSR count). The first-order valence-electron chi connectivity index (χ1n) is 6.33. The van der Waals surface area contributed by atoms with Crippen molar-refractivity contribution in [3.8, 4) is 5.75 Å². The van der Waals surface area contributed by atoms with Crippen molar-refractivity contribution in [1.29, 1.82) is 0 Å². The number of amides is 1. The molecule has 0 fully saturated rings. The second-order valence-electron chi connectivity index (χ2n) is 4.77. The van der Waals surface area contributed by atoms with E-state index < -0.39 is 0 Å². The van der Waals surface area contributed by atoms with Crippen LogP contribution in [0.25, 0.3) is 0 Å². The number of aromatic hydroxyl groups is 1. The lowest BCUT2D eigenvalue weighted by molar-refractivity contribution is 0.0679. The number of hydrogen-bond acceptors (Lipinski definition) is 3. The molecule has 3 nitrogen and oxygen atoms in total. The first kappa shape index (κ1) is 12.2. The van der Waals surface area contributed by atoms with Crippen molar-refractivity contribution >= 4 is 17.2 Å². The van der Waals surface area contributed by atoms with Gasteiger partial charge in [0.15, 0.2) is 0 Å². The number of benzene rings is 1. The van der Waals surface area contributed by atoms with Gasteiger partial charge in [0, 0.05) is 17.0 Å². The van der Waals surface area contributed by atoms with Crippen LogP contribution in [0.3, 0.4) is 0 Å². The molecule has 2 aromatic rings. The quantitative estimate of drug-likeness (QED) is 0.866. The highest BCUT2D eigenvalue weighted by molar-refractivity contribution is 7.10. The first-order chi connectivity index (χ1) is 9.16. The summed E-state index contributed by atoms with van der Waals surface area (Å²) in [7, 11) is 0. The van der Waals surface area contributed by atoms with E-state index in [4.69, 9.17) is 0 Å². The van der Waals surface area contributed by atoms with Gasteiger partial charge in [-0.15, -0.1) is 11.3 Å². The van der Waals surface area contributed by atoms with Gasteiger partial charge in [0.25, 0.3) is 5.91 Å². The highest BCUT2D eigenvalue weighted by Crippen LogP contribution is 2.33. The largest absolute Gasteiger partial charge is 0.508 e. The van der Waals surface area contributed by atoms with Crippen LogP contribution in [-0.2, 0) is 6.42 Å². The number of nitrogens with zero attached hydrogens (tertiary/aromatic N) is 1. The first-order valence-corrected chi connectivity index (χ1v) is 7.21. The molecule has 19 heavy (non-hydrogen) atoms. The predicted molar refractivity (Wildman–Crippen MR) is 75.6 cm³/mol. The topological polar surface area (TPSA) is 40.5 Å². The van der Waals surface area contributed by atoms with Gasteiger partial charge in [-0.3, -0.25) is 4.79 Å². The van der Waals surface area contributed by atoms with Crippen molar-refractivity contribution in [3.05, 3.63) is 51.7 Å². The SMILES string of the molecule is CC1c2ccsc2CCN1C(=O)c1cccc(O)c1. The number of rotatable bonds is 1. The summed E-state index contributed by atoms with van der Waals surface area (Å²) in [6, 6.07) is 8.76. The summed E-state index contributed by atoms with van der Waals surface area (Å²) in [6.45, 7) is 2.80. The van der Waals surface area contributed by atoms with Crippen LogP contribution in [0.5, 0.6) is 5.75 Å². The molecule has 1 N–H and O–H groups in total. The van der Waals surface area contributed by atoms with Crippen LogP contribution in [0.1, 0.15) is 33.8 Å². The molecular formula is C15H15NO2S. The van der Waals surface area contributed by atoms with E-state index in [0.717, 1.165) is 13.0 Å². The molecular weight excluding hydrogens is 258 g/mol. The molecule has 4 heteroatoms. The van der Waals surface area contributed by atoms with E-state index in [-0.39, 0.29) is 17.7 Å². The summed E-state index contributed by atoms with van der Waals surface area (Å²) in [4.78, 5) is 15.8. The molecule has 0 saturated carbocycles. The number of phenolic OH excluding ortho intramolecular Hbond substituents is 1. The standard InChI is InChI=1S/C15H15NO2S/c1-10-13-6-8-19-14(13)5-7-16(10)15(18)11-3-2-4-12(17)9-11/h2-4,6,8-10,17H,5,7H2,1H3. The zero-order valence-corrected chi connectivity index (χ0v) is 11.5. The van der Waals surface area contributed by atoms with Gasteiger partial charge in [0.1, 0.15) is 5.75 Å². The number of hydrogen-bond donors (Lipinski definition) is 1. The zero-order chi connectivity index (χ0) is 13.4. The fourth-order valence-electron chi connectivity index (χ4n) is 2.59. The monoisotopic (exact) mass is 273 g/mol. The Labute approximate surface area is 116 Å². The average Bonchev–Trinajstić information content (AvgIpc) is 2.88. The van der Waals surface area contributed by atoms with Gasteiger partial charge in [-0.1, -0.05) is 6.07 Å². The second-order valence-corrected chi connectivity index (χ2v) is 5.77. The highest BCUT2D eigenvalue weighted by Gasteiger charge is 2.28. The smallest absolute Gasteiger partial charge is 0.254 e. The van der Waals surface area contributed by atoms with E-state index in [0.29, 0.717) is 5.56 Å². The maximum Gasteiger partial charge on any atom is 0.254 e. The Bertz CT molecular complexity index is 620. The molecule has 0 radical (unpaired) electrons. The van der Waals surface area contributed by atoms with Crippen LogP contribution in [0.2, 0.25) is 0 Å². The molecule has 2 heterocycles. The van der Waals surface area contributed by atoms with E-state index in [1.807, 2.05) is 4.90 Å². The summed E-state index contributed by atoms with van der Waals surface area (Å²) in [5, 5.41) is 11.6. The Kier molecular flexibility index (Phi) is 3.03. The van der Waals surface area contributed by atoms with Gasteiger partial charge in [-0.05, 0) is 48.6 Å². The molecule has 0 bridgehead atoms. The van der Waals surface area contributed by atoms with Gasteiger partial charge < -0.3 is 10.0 Å². The summed E-state index contributed by atoms with van der Waals surface area (Å²) in [5.74, 6) is 0.118. The number of fused-ring (bicyclic) bond motifs is 1. The number of phenols is 1. The summed E-state index contributed by atoms with van der Waals surface area (Å²) in [5.41, 5.74) is 1.80. The Morgan fingerprint density at radius 1 is 1.42 bits per heavy atom. The number of thiophene rings is 1. The molecule has 1 aliphatic heterocycles. The van der Waals surface area contributed by atoms with Crippen molar-refractivity contribution in [2.45, 2.75) is 19.4 Å². The Morgan fingerprint density at radius 2 is 2.26 bits per heavy atom. The molecule has 1 aromatic heterocycles. The van der Waals surface area contributed by atoms with Crippen LogP contribution in [0.4, 0.5) is 0 Å². The van der Waals surface area contributed by atoms with Gasteiger partial charge >= 0.3 is 0 Å². The minimum Gasteiger partial charge on any atom is -0.508 e. The Balaban J connectivity index is 1.90.